The highest BCUT2D eigenvalue weighted by Crippen LogP contribution is 2.37. The molecule has 0 bridgehead atoms. The van der Waals surface area contributed by atoms with Crippen LogP contribution in [0.4, 0.5) is 4.39 Å². The highest BCUT2D eigenvalue weighted by Gasteiger charge is 2.27. The average Bonchev–Trinajstić information content (AvgIpc) is 3.66. The summed E-state index contributed by atoms with van der Waals surface area (Å²) in [6, 6.07) is 17.0. The van der Waals surface area contributed by atoms with Gasteiger partial charge in [0.2, 0.25) is 6.79 Å². The van der Waals surface area contributed by atoms with Crippen LogP contribution >= 0.6 is 11.3 Å². The summed E-state index contributed by atoms with van der Waals surface area (Å²) in [5, 5.41) is 8.75. The fourth-order valence-electron chi connectivity index (χ4n) is 4.37. The largest absolute Gasteiger partial charge is 0.484 e. The molecular formula is C28H23FN4O4S. The van der Waals surface area contributed by atoms with Crippen LogP contribution < -0.4 is 19.5 Å². The molecule has 0 radical (unpaired) electrons. The van der Waals surface area contributed by atoms with E-state index < -0.39 is 12.1 Å². The van der Waals surface area contributed by atoms with Crippen LogP contribution in [0.15, 0.2) is 73.1 Å². The number of halogens is 1. The summed E-state index contributed by atoms with van der Waals surface area (Å²) in [6.07, 6.45) is 2.87. The Balaban J connectivity index is 1.30. The Hall–Kier alpha value is -4.44. The van der Waals surface area contributed by atoms with Crippen molar-refractivity contribution < 1.29 is 23.4 Å². The van der Waals surface area contributed by atoms with E-state index in [1.165, 1.54) is 23.5 Å². The van der Waals surface area contributed by atoms with Gasteiger partial charge in [0.05, 0.1) is 23.4 Å². The normalized spacial score (nSPS) is 13.9. The highest BCUT2D eigenvalue weighted by atomic mass is 32.1. The van der Waals surface area contributed by atoms with Crippen LogP contribution in [-0.2, 0) is 0 Å². The number of carbonyl (C=O) groups is 1. The van der Waals surface area contributed by atoms with Crippen LogP contribution in [0.1, 0.15) is 33.3 Å². The molecular weight excluding hydrogens is 507 g/mol. The smallest absolute Gasteiger partial charge is 0.280 e. The highest BCUT2D eigenvalue weighted by molar-refractivity contribution is 7.13. The molecule has 10 heteroatoms. The minimum absolute atomic E-state index is 0.161. The SMILES string of the molecule is Cc1cnc(C(=O)N[C@@H](C)[C@H](Oc2ccc3c(cnn3-c3ccc(F)cc3)c2)c2ccc3c(c2)OCO3)s1. The van der Waals surface area contributed by atoms with E-state index in [1.54, 1.807) is 29.2 Å². The predicted molar refractivity (Wildman–Crippen MR) is 141 cm³/mol. The summed E-state index contributed by atoms with van der Waals surface area (Å²) in [6.45, 7) is 3.96. The van der Waals surface area contributed by atoms with Crippen molar-refractivity contribution in [2.45, 2.75) is 26.0 Å². The molecule has 1 N–H and O–H groups in total. The first-order valence-electron chi connectivity index (χ1n) is 12.0. The first kappa shape index (κ1) is 23.9. The fraction of sp³-hybridized carbons (Fsp3) is 0.179. The monoisotopic (exact) mass is 530 g/mol. The first-order valence-corrected chi connectivity index (χ1v) is 12.8. The Labute approximate surface area is 221 Å². The zero-order valence-corrected chi connectivity index (χ0v) is 21.4. The van der Waals surface area contributed by atoms with E-state index in [9.17, 15) is 9.18 Å². The fourth-order valence-corrected chi connectivity index (χ4v) is 5.04. The van der Waals surface area contributed by atoms with E-state index in [1.807, 2.05) is 50.2 Å². The number of nitrogens with one attached hydrogen (secondary N) is 1. The number of nitrogens with zero attached hydrogens (tertiary/aromatic N) is 3. The molecule has 6 rings (SSSR count). The number of amides is 1. The van der Waals surface area contributed by atoms with Crippen LogP contribution in [0.25, 0.3) is 16.6 Å². The van der Waals surface area contributed by atoms with E-state index in [-0.39, 0.29) is 18.5 Å². The zero-order chi connectivity index (χ0) is 26.2. The number of carbonyl (C=O) groups excluding carboxylic acids is 1. The summed E-state index contributed by atoms with van der Waals surface area (Å²) < 4.78 is 32.6. The van der Waals surface area contributed by atoms with E-state index in [4.69, 9.17) is 14.2 Å². The van der Waals surface area contributed by atoms with Gasteiger partial charge in [-0.05, 0) is 74.0 Å². The van der Waals surface area contributed by atoms with Crippen molar-refractivity contribution in [2.24, 2.45) is 0 Å². The molecule has 1 aliphatic heterocycles. The quantitative estimate of drug-likeness (QED) is 0.295. The lowest BCUT2D eigenvalue weighted by Crippen LogP contribution is -2.39. The molecule has 0 unspecified atom stereocenters. The molecule has 0 spiro atoms. The van der Waals surface area contributed by atoms with Gasteiger partial charge in [-0.2, -0.15) is 5.10 Å². The number of hydrogen-bond donors (Lipinski definition) is 1. The van der Waals surface area contributed by atoms with Crippen LogP contribution in [0.2, 0.25) is 0 Å². The maximum absolute atomic E-state index is 13.4. The second-order valence-electron chi connectivity index (χ2n) is 8.94. The number of hydrogen-bond acceptors (Lipinski definition) is 7. The van der Waals surface area contributed by atoms with Gasteiger partial charge in [-0.1, -0.05) is 6.07 Å². The van der Waals surface area contributed by atoms with Gasteiger partial charge in [0, 0.05) is 16.5 Å². The summed E-state index contributed by atoms with van der Waals surface area (Å²) in [5.74, 6) is 1.32. The van der Waals surface area contributed by atoms with Crippen molar-refractivity contribution in [1.29, 1.82) is 0 Å². The Morgan fingerprint density at radius 2 is 1.89 bits per heavy atom. The summed E-state index contributed by atoms with van der Waals surface area (Å²) in [4.78, 5) is 18.0. The van der Waals surface area contributed by atoms with Gasteiger partial charge < -0.3 is 19.5 Å². The molecule has 2 aromatic heterocycles. The van der Waals surface area contributed by atoms with Gasteiger partial charge in [-0.15, -0.1) is 11.3 Å². The molecule has 3 aromatic carbocycles. The molecule has 3 heterocycles. The standard InChI is InChI=1S/C28H23FN4O4S/c1-16-13-30-28(38-16)27(34)32-17(2)26(18-3-10-24-25(12-18)36-15-35-24)37-22-8-9-23-19(11-22)14-31-33(23)21-6-4-20(29)5-7-21/h3-14,17,26H,15H2,1-2H3,(H,32,34)/t17-,26-/m0/s1. The number of thiazole rings is 1. The zero-order valence-electron chi connectivity index (χ0n) is 20.6. The van der Waals surface area contributed by atoms with E-state index >= 15 is 0 Å². The molecule has 0 aliphatic carbocycles. The number of ether oxygens (including phenoxy) is 3. The molecule has 38 heavy (non-hydrogen) atoms. The second-order valence-corrected chi connectivity index (χ2v) is 10.2. The molecule has 192 valence electrons. The van der Waals surface area contributed by atoms with Gasteiger partial charge in [-0.3, -0.25) is 4.79 Å². The minimum Gasteiger partial charge on any atom is -0.484 e. The van der Waals surface area contributed by atoms with Crippen molar-refractivity contribution in [3.8, 4) is 22.9 Å². The van der Waals surface area contributed by atoms with Crippen molar-refractivity contribution in [2.75, 3.05) is 6.79 Å². The van der Waals surface area contributed by atoms with Crippen LogP contribution in [0.5, 0.6) is 17.2 Å². The van der Waals surface area contributed by atoms with Crippen molar-refractivity contribution in [1.82, 2.24) is 20.1 Å². The number of benzene rings is 3. The number of aryl methyl sites for hydroxylation is 1. The first-order chi connectivity index (χ1) is 18.4. The minimum atomic E-state index is -0.542. The van der Waals surface area contributed by atoms with Gasteiger partial charge in [0.1, 0.15) is 17.7 Å². The topological polar surface area (TPSA) is 87.5 Å². The molecule has 0 saturated heterocycles. The molecule has 0 saturated carbocycles. The van der Waals surface area contributed by atoms with Crippen molar-refractivity contribution >= 4 is 28.1 Å². The third-order valence-electron chi connectivity index (χ3n) is 6.23. The Morgan fingerprint density at radius 3 is 2.68 bits per heavy atom. The lowest BCUT2D eigenvalue weighted by atomic mass is 10.0. The number of rotatable bonds is 7. The van der Waals surface area contributed by atoms with Gasteiger partial charge in [0.15, 0.2) is 16.5 Å². The Kier molecular flexibility index (Phi) is 6.16. The summed E-state index contributed by atoms with van der Waals surface area (Å²) in [7, 11) is 0. The Morgan fingerprint density at radius 1 is 1.08 bits per heavy atom. The van der Waals surface area contributed by atoms with E-state index in [0.29, 0.717) is 22.3 Å². The Bertz CT molecular complexity index is 1630. The molecule has 1 aliphatic rings. The van der Waals surface area contributed by atoms with Gasteiger partial charge in [0.25, 0.3) is 5.91 Å². The van der Waals surface area contributed by atoms with Gasteiger partial charge >= 0.3 is 0 Å². The average molecular weight is 531 g/mol. The summed E-state index contributed by atoms with van der Waals surface area (Å²) in [5.41, 5.74) is 2.42. The second kappa shape index (κ2) is 9.79. The molecule has 0 fully saturated rings. The maximum Gasteiger partial charge on any atom is 0.280 e. The van der Waals surface area contributed by atoms with Crippen LogP contribution in [0.3, 0.4) is 0 Å². The van der Waals surface area contributed by atoms with E-state index in [2.05, 4.69) is 15.4 Å². The third kappa shape index (κ3) is 4.66. The molecule has 8 nitrogen and oxygen atoms in total. The summed E-state index contributed by atoms with van der Waals surface area (Å²) >= 11 is 1.34. The van der Waals surface area contributed by atoms with Gasteiger partial charge in [-0.25, -0.2) is 14.1 Å². The molecule has 5 aromatic rings. The predicted octanol–water partition coefficient (Wildman–Crippen LogP) is 5.60. The lowest BCUT2D eigenvalue weighted by Gasteiger charge is -2.26. The number of aromatic nitrogens is 3. The molecule has 2 atom stereocenters. The lowest BCUT2D eigenvalue weighted by molar-refractivity contribution is 0.0881. The van der Waals surface area contributed by atoms with Crippen LogP contribution in [0, 0.1) is 12.7 Å². The molecule has 1 amide bonds. The van der Waals surface area contributed by atoms with Crippen molar-refractivity contribution in [3.63, 3.8) is 0 Å². The van der Waals surface area contributed by atoms with Crippen LogP contribution in [-0.4, -0.2) is 33.5 Å². The van der Waals surface area contributed by atoms with E-state index in [0.717, 1.165) is 27.0 Å². The maximum atomic E-state index is 13.4. The number of fused-ring (bicyclic) bond motifs is 2. The third-order valence-corrected chi connectivity index (χ3v) is 7.14. The van der Waals surface area contributed by atoms with Crippen molar-refractivity contribution in [3.05, 3.63) is 94.3 Å².